The van der Waals surface area contributed by atoms with Crippen molar-refractivity contribution in [3.8, 4) is 0 Å². The Labute approximate surface area is 121 Å². The molecule has 0 amide bonds. The largest absolute Gasteiger partial charge is 0.310 e. The second-order valence-electron chi connectivity index (χ2n) is 4.44. The lowest BCUT2D eigenvalue weighted by atomic mass is 10.2. The van der Waals surface area contributed by atoms with Gasteiger partial charge in [0.15, 0.2) is 0 Å². The first kappa shape index (κ1) is 12.5. The van der Waals surface area contributed by atoms with Gasteiger partial charge in [0.2, 0.25) is 0 Å². The molecule has 1 aliphatic rings. The van der Waals surface area contributed by atoms with Crippen molar-refractivity contribution in [2.75, 3.05) is 0 Å². The Balaban J connectivity index is 1.67. The van der Waals surface area contributed by atoms with E-state index in [0.717, 1.165) is 17.6 Å². The summed E-state index contributed by atoms with van der Waals surface area (Å²) >= 11 is 9.85. The molecule has 0 saturated heterocycles. The van der Waals surface area contributed by atoms with Crippen molar-refractivity contribution < 1.29 is 0 Å². The molecule has 0 bridgehead atoms. The molecule has 1 aromatic heterocycles. The quantitative estimate of drug-likeness (QED) is 0.850. The van der Waals surface area contributed by atoms with Crippen LogP contribution in [0.15, 0.2) is 44.8 Å². The third-order valence-corrected chi connectivity index (χ3v) is 5.28. The summed E-state index contributed by atoms with van der Waals surface area (Å²) in [6.07, 6.45) is 2.62. The van der Waals surface area contributed by atoms with E-state index in [0.29, 0.717) is 0 Å². The Morgan fingerprint density at radius 1 is 1.33 bits per heavy atom. The van der Waals surface area contributed by atoms with Gasteiger partial charge in [-0.25, -0.2) is 0 Å². The molecule has 3 rings (SSSR count). The highest BCUT2D eigenvalue weighted by atomic mass is 35.5. The van der Waals surface area contributed by atoms with Crippen LogP contribution in [0.2, 0.25) is 5.02 Å². The normalized spacial score (nSPS) is 14.9. The number of thiophene rings is 1. The highest BCUT2D eigenvalue weighted by molar-refractivity contribution is 8.01. The molecule has 1 nitrogen and oxygen atoms in total. The maximum absolute atomic E-state index is 6.32. The third-order valence-electron chi connectivity index (χ3n) is 2.90. The number of hydrogen-bond acceptors (Lipinski definition) is 3. The van der Waals surface area contributed by atoms with Gasteiger partial charge in [0.25, 0.3) is 0 Å². The van der Waals surface area contributed by atoms with Crippen molar-refractivity contribution in [1.29, 1.82) is 0 Å². The van der Waals surface area contributed by atoms with Crippen LogP contribution in [0.3, 0.4) is 0 Å². The lowest BCUT2D eigenvalue weighted by Gasteiger charge is -2.07. The average molecular weight is 296 g/mol. The van der Waals surface area contributed by atoms with Gasteiger partial charge in [-0.15, -0.1) is 11.3 Å². The van der Waals surface area contributed by atoms with Crippen LogP contribution in [0.25, 0.3) is 0 Å². The number of halogens is 1. The molecule has 1 aromatic carbocycles. The van der Waals surface area contributed by atoms with Crippen molar-refractivity contribution in [1.82, 2.24) is 5.32 Å². The number of hydrogen-bond donors (Lipinski definition) is 1. The van der Waals surface area contributed by atoms with Gasteiger partial charge in [-0.1, -0.05) is 35.5 Å². The first-order valence-electron chi connectivity index (χ1n) is 6.04. The van der Waals surface area contributed by atoms with E-state index in [1.807, 2.05) is 0 Å². The minimum absolute atomic E-state index is 0.723. The van der Waals surface area contributed by atoms with E-state index in [1.54, 1.807) is 23.1 Å². The summed E-state index contributed by atoms with van der Waals surface area (Å²) in [6, 6.07) is 11.3. The molecule has 4 heteroatoms. The monoisotopic (exact) mass is 295 g/mol. The first-order chi connectivity index (χ1) is 8.81. The molecular formula is C14H14ClNS2. The fraction of sp³-hybridized carbons (Fsp3) is 0.286. The number of rotatable bonds is 5. The van der Waals surface area contributed by atoms with E-state index < -0.39 is 0 Å². The molecule has 0 radical (unpaired) electrons. The van der Waals surface area contributed by atoms with Crippen molar-refractivity contribution in [2.45, 2.75) is 34.5 Å². The summed E-state index contributed by atoms with van der Waals surface area (Å²) in [7, 11) is 0. The maximum atomic E-state index is 6.32. The molecule has 0 spiro atoms. The van der Waals surface area contributed by atoms with Crippen molar-refractivity contribution in [3.63, 3.8) is 0 Å². The minimum atomic E-state index is 0.723. The zero-order valence-electron chi connectivity index (χ0n) is 9.86. The van der Waals surface area contributed by atoms with Gasteiger partial charge in [-0.3, -0.25) is 0 Å². The molecule has 0 atom stereocenters. The smallest absolute Gasteiger partial charge is 0.0646 e. The SMILES string of the molecule is Clc1cc(Sc2cccs2)ccc1CNC1CC1. The molecule has 0 aliphatic heterocycles. The standard InChI is InChI=1S/C14H14ClNS2/c15-13-8-12(18-14-2-1-7-17-14)6-3-10(13)9-16-11-4-5-11/h1-3,6-8,11,16H,4-5,9H2. The van der Waals surface area contributed by atoms with Crippen LogP contribution < -0.4 is 5.32 Å². The second kappa shape index (κ2) is 5.66. The van der Waals surface area contributed by atoms with Crippen LogP contribution in [-0.4, -0.2) is 6.04 Å². The van der Waals surface area contributed by atoms with Crippen molar-refractivity contribution in [3.05, 3.63) is 46.3 Å². The van der Waals surface area contributed by atoms with Gasteiger partial charge in [0, 0.05) is 22.5 Å². The van der Waals surface area contributed by atoms with Crippen LogP contribution in [0, 0.1) is 0 Å². The molecule has 1 heterocycles. The second-order valence-corrected chi connectivity index (χ2v) is 7.17. The van der Waals surface area contributed by atoms with E-state index in [9.17, 15) is 0 Å². The topological polar surface area (TPSA) is 12.0 Å². The third kappa shape index (κ3) is 3.29. The van der Waals surface area contributed by atoms with E-state index in [1.165, 1.54) is 27.5 Å². The zero-order chi connectivity index (χ0) is 12.4. The molecule has 1 saturated carbocycles. The van der Waals surface area contributed by atoms with Gasteiger partial charge in [-0.05, 0) is 42.0 Å². The summed E-state index contributed by atoms with van der Waals surface area (Å²) in [4.78, 5) is 1.21. The number of nitrogens with one attached hydrogen (secondary N) is 1. The molecule has 94 valence electrons. The highest BCUT2D eigenvalue weighted by Gasteiger charge is 2.20. The molecule has 2 aromatic rings. The van der Waals surface area contributed by atoms with Gasteiger partial charge < -0.3 is 5.32 Å². The fourth-order valence-electron chi connectivity index (χ4n) is 1.71. The molecule has 1 fully saturated rings. The summed E-state index contributed by atoms with van der Waals surface area (Å²) < 4.78 is 1.30. The Morgan fingerprint density at radius 3 is 2.89 bits per heavy atom. The Hall–Kier alpha value is -0.480. The minimum Gasteiger partial charge on any atom is -0.310 e. The van der Waals surface area contributed by atoms with E-state index >= 15 is 0 Å². The van der Waals surface area contributed by atoms with Crippen molar-refractivity contribution in [2.24, 2.45) is 0 Å². The average Bonchev–Trinajstić information content (AvgIpc) is 3.05. The maximum Gasteiger partial charge on any atom is 0.0646 e. The van der Waals surface area contributed by atoms with Crippen LogP contribution in [-0.2, 0) is 6.54 Å². The Morgan fingerprint density at radius 2 is 2.22 bits per heavy atom. The summed E-state index contributed by atoms with van der Waals surface area (Å²) in [5.41, 5.74) is 1.19. The van der Waals surface area contributed by atoms with Gasteiger partial charge in [0.1, 0.15) is 0 Å². The predicted octanol–water partition coefficient (Wildman–Crippen LogP) is 4.80. The Kier molecular flexibility index (Phi) is 3.94. The van der Waals surface area contributed by atoms with Gasteiger partial charge in [-0.2, -0.15) is 0 Å². The lowest BCUT2D eigenvalue weighted by Crippen LogP contribution is -2.15. The molecular weight excluding hydrogens is 282 g/mol. The summed E-state index contributed by atoms with van der Waals surface area (Å²) in [5, 5.41) is 6.45. The molecule has 1 N–H and O–H groups in total. The van der Waals surface area contributed by atoms with E-state index in [4.69, 9.17) is 11.6 Å². The first-order valence-corrected chi connectivity index (χ1v) is 8.12. The summed E-state index contributed by atoms with van der Waals surface area (Å²) in [5.74, 6) is 0. The van der Waals surface area contributed by atoms with Crippen molar-refractivity contribution >= 4 is 34.7 Å². The van der Waals surface area contributed by atoms with E-state index in [-0.39, 0.29) is 0 Å². The number of benzene rings is 1. The zero-order valence-corrected chi connectivity index (χ0v) is 12.2. The van der Waals surface area contributed by atoms with Gasteiger partial charge >= 0.3 is 0 Å². The predicted molar refractivity (Wildman–Crippen MR) is 79.8 cm³/mol. The van der Waals surface area contributed by atoms with Crippen LogP contribution in [0.5, 0.6) is 0 Å². The van der Waals surface area contributed by atoms with Crippen LogP contribution in [0.4, 0.5) is 0 Å². The molecule has 1 aliphatic carbocycles. The fourth-order valence-corrected chi connectivity index (χ4v) is 3.81. The Bertz CT molecular complexity index is 521. The van der Waals surface area contributed by atoms with E-state index in [2.05, 4.69) is 41.0 Å². The highest BCUT2D eigenvalue weighted by Crippen LogP contribution is 2.33. The molecule has 18 heavy (non-hydrogen) atoms. The van der Waals surface area contributed by atoms with Crippen LogP contribution >= 0.6 is 34.7 Å². The summed E-state index contributed by atoms with van der Waals surface area (Å²) in [6.45, 7) is 0.882. The molecule has 0 unspecified atom stereocenters. The van der Waals surface area contributed by atoms with Crippen LogP contribution in [0.1, 0.15) is 18.4 Å². The van der Waals surface area contributed by atoms with Gasteiger partial charge in [0.05, 0.1) is 4.21 Å². The lowest BCUT2D eigenvalue weighted by molar-refractivity contribution is 0.687.